The molecule has 0 aliphatic carbocycles. The molecule has 150 valence electrons. The largest absolute Gasteiger partial charge is 0.326 e. The lowest BCUT2D eigenvalue weighted by Gasteiger charge is -2.30. The number of nitrogens with zero attached hydrogens (tertiary/aromatic N) is 1. The van der Waals surface area contributed by atoms with Crippen LogP contribution in [0.15, 0.2) is 53.4 Å². The van der Waals surface area contributed by atoms with Crippen molar-refractivity contribution in [1.29, 1.82) is 0 Å². The van der Waals surface area contributed by atoms with Crippen LogP contribution in [0.5, 0.6) is 0 Å². The highest BCUT2D eigenvalue weighted by atomic mass is 35.5. The third kappa shape index (κ3) is 4.57. The van der Waals surface area contributed by atoms with E-state index in [0.717, 1.165) is 11.3 Å². The number of sulfonamides is 1. The van der Waals surface area contributed by atoms with Crippen LogP contribution in [0.3, 0.4) is 0 Å². The average molecular weight is 421 g/mol. The molecule has 3 rings (SSSR count). The van der Waals surface area contributed by atoms with Crippen molar-refractivity contribution in [2.75, 3.05) is 18.4 Å². The van der Waals surface area contributed by atoms with Gasteiger partial charge in [0.25, 0.3) is 0 Å². The highest BCUT2D eigenvalue weighted by molar-refractivity contribution is 7.89. The number of halogens is 1. The van der Waals surface area contributed by atoms with Crippen LogP contribution in [0, 0.1) is 5.92 Å². The van der Waals surface area contributed by atoms with Gasteiger partial charge in [-0.15, -0.1) is 0 Å². The molecule has 2 aromatic carbocycles. The van der Waals surface area contributed by atoms with E-state index in [4.69, 9.17) is 11.6 Å². The Morgan fingerprint density at radius 2 is 1.68 bits per heavy atom. The molecule has 1 fully saturated rings. The maximum atomic E-state index is 12.8. The van der Waals surface area contributed by atoms with Crippen LogP contribution in [0.25, 0.3) is 0 Å². The zero-order chi connectivity index (χ0) is 20.3. The molecule has 7 heteroatoms. The van der Waals surface area contributed by atoms with Crippen LogP contribution in [-0.4, -0.2) is 31.7 Å². The number of rotatable bonds is 5. The second kappa shape index (κ2) is 8.64. The number of hydrogen-bond donors (Lipinski definition) is 1. The molecule has 1 saturated heterocycles. The maximum absolute atomic E-state index is 12.8. The van der Waals surface area contributed by atoms with Gasteiger partial charge < -0.3 is 5.32 Å². The number of carbonyl (C=O) groups is 1. The van der Waals surface area contributed by atoms with Crippen LogP contribution < -0.4 is 5.32 Å². The summed E-state index contributed by atoms with van der Waals surface area (Å²) in [6.07, 6.45) is 1.00. The number of piperidine rings is 1. The molecule has 1 N–H and O–H groups in total. The van der Waals surface area contributed by atoms with Gasteiger partial charge in [0.1, 0.15) is 0 Å². The molecule has 0 bridgehead atoms. The molecule has 1 aliphatic heterocycles. The molecule has 5 nitrogen and oxygen atoms in total. The summed E-state index contributed by atoms with van der Waals surface area (Å²) >= 11 is 5.85. The first-order valence-electron chi connectivity index (χ1n) is 9.44. The Hall–Kier alpha value is -1.89. The summed E-state index contributed by atoms with van der Waals surface area (Å²) in [5.41, 5.74) is 1.93. The predicted octanol–water partition coefficient (Wildman–Crippen LogP) is 4.50. The third-order valence-electron chi connectivity index (χ3n) is 5.12. The second-order valence-electron chi connectivity index (χ2n) is 7.36. The second-order valence-corrected chi connectivity index (χ2v) is 9.74. The Kier molecular flexibility index (Phi) is 6.43. The highest BCUT2D eigenvalue weighted by Gasteiger charge is 2.32. The SMILES string of the molecule is CC(C)c1ccccc1NC(=O)C1CCN(S(=O)(=O)c2ccc(Cl)cc2)CC1. The topological polar surface area (TPSA) is 66.5 Å². The first kappa shape index (κ1) is 20.8. The minimum Gasteiger partial charge on any atom is -0.326 e. The zero-order valence-corrected chi connectivity index (χ0v) is 17.6. The van der Waals surface area contributed by atoms with Gasteiger partial charge in [0.05, 0.1) is 4.90 Å². The van der Waals surface area contributed by atoms with Crippen LogP contribution in [0.2, 0.25) is 5.02 Å². The Labute approximate surface area is 171 Å². The summed E-state index contributed by atoms with van der Waals surface area (Å²) in [4.78, 5) is 12.9. The lowest BCUT2D eigenvalue weighted by Crippen LogP contribution is -2.41. The van der Waals surface area contributed by atoms with Gasteiger partial charge in [-0.1, -0.05) is 43.6 Å². The van der Waals surface area contributed by atoms with E-state index in [1.165, 1.54) is 16.4 Å². The standard InChI is InChI=1S/C21H25ClN2O3S/c1-15(2)19-5-3-4-6-20(19)23-21(25)16-11-13-24(14-12-16)28(26,27)18-9-7-17(22)8-10-18/h3-10,15-16H,11-14H2,1-2H3,(H,23,25). The average Bonchev–Trinajstić information content (AvgIpc) is 2.68. The Bertz CT molecular complexity index is 934. The lowest BCUT2D eigenvalue weighted by molar-refractivity contribution is -0.120. The minimum atomic E-state index is -3.56. The van der Waals surface area contributed by atoms with E-state index in [0.29, 0.717) is 36.9 Å². The third-order valence-corrected chi connectivity index (χ3v) is 7.28. The van der Waals surface area contributed by atoms with Crippen molar-refractivity contribution in [1.82, 2.24) is 4.31 Å². The van der Waals surface area contributed by atoms with Crippen molar-refractivity contribution < 1.29 is 13.2 Å². The van der Waals surface area contributed by atoms with Crippen molar-refractivity contribution in [2.24, 2.45) is 5.92 Å². The molecule has 0 unspecified atom stereocenters. The number of nitrogens with one attached hydrogen (secondary N) is 1. The van der Waals surface area contributed by atoms with Crippen LogP contribution in [0.4, 0.5) is 5.69 Å². The molecule has 0 radical (unpaired) electrons. The van der Waals surface area contributed by atoms with Gasteiger partial charge >= 0.3 is 0 Å². The number of anilines is 1. The van der Waals surface area contributed by atoms with E-state index in [2.05, 4.69) is 19.2 Å². The molecular weight excluding hydrogens is 396 g/mol. The van der Waals surface area contributed by atoms with E-state index in [1.54, 1.807) is 12.1 Å². The van der Waals surface area contributed by atoms with Crippen molar-refractivity contribution >= 4 is 33.2 Å². The Balaban J connectivity index is 1.64. The number of hydrogen-bond acceptors (Lipinski definition) is 3. The molecule has 1 heterocycles. The number of amides is 1. The summed E-state index contributed by atoms with van der Waals surface area (Å²) in [6, 6.07) is 14.0. The summed E-state index contributed by atoms with van der Waals surface area (Å²) in [7, 11) is -3.56. The van der Waals surface area contributed by atoms with Crippen LogP contribution in [0.1, 0.15) is 38.2 Å². The monoisotopic (exact) mass is 420 g/mol. The maximum Gasteiger partial charge on any atom is 0.243 e. The number of benzene rings is 2. The fraction of sp³-hybridized carbons (Fsp3) is 0.381. The molecular formula is C21H25ClN2O3S. The molecule has 1 aliphatic rings. The molecule has 0 aromatic heterocycles. The van der Waals surface area contributed by atoms with Crippen molar-refractivity contribution in [3.05, 3.63) is 59.1 Å². The molecule has 0 spiro atoms. The quantitative estimate of drug-likeness (QED) is 0.774. The summed E-state index contributed by atoms with van der Waals surface area (Å²) in [5, 5.41) is 3.53. The molecule has 0 saturated carbocycles. The van der Waals surface area contributed by atoms with Gasteiger partial charge in [-0.3, -0.25) is 4.79 Å². The molecule has 1 amide bonds. The van der Waals surface area contributed by atoms with Crippen molar-refractivity contribution in [3.8, 4) is 0 Å². The van der Waals surface area contributed by atoms with Crippen LogP contribution in [-0.2, 0) is 14.8 Å². The lowest BCUT2D eigenvalue weighted by atomic mass is 9.96. The van der Waals surface area contributed by atoms with E-state index >= 15 is 0 Å². The van der Waals surface area contributed by atoms with Gasteiger partial charge in [-0.05, 0) is 54.7 Å². The molecule has 2 aromatic rings. The number of para-hydroxylation sites is 1. The number of carbonyl (C=O) groups excluding carboxylic acids is 1. The first-order valence-corrected chi connectivity index (χ1v) is 11.3. The van der Waals surface area contributed by atoms with Gasteiger partial charge in [0.2, 0.25) is 15.9 Å². The van der Waals surface area contributed by atoms with Gasteiger partial charge in [0.15, 0.2) is 0 Å². The van der Waals surface area contributed by atoms with Gasteiger partial charge in [0, 0.05) is 29.7 Å². The molecule has 28 heavy (non-hydrogen) atoms. The smallest absolute Gasteiger partial charge is 0.243 e. The highest BCUT2D eigenvalue weighted by Crippen LogP contribution is 2.28. The van der Waals surface area contributed by atoms with E-state index in [9.17, 15) is 13.2 Å². The molecule has 0 atom stereocenters. The predicted molar refractivity (Wildman–Crippen MR) is 112 cm³/mol. The van der Waals surface area contributed by atoms with Crippen molar-refractivity contribution in [3.63, 3.8) is 0 Å². The Morgan fingerprint density at radius 3 is 2.29 bits per heavy atom. The first-order chi connectivity index (χ1) is 13.3. The van der Waals surface area contributed by atoms with Crippen LogP contribution >= 0.6 is 11.6 Å². The summed E-state index contributed by atoms with van der Waals surface area (Å²) in [6.45, 7) is 4.83. The van der Waals surface area contributed by atoms with Gasteiger partial charge in [-0.2, -0.15) is 4.31 Å². The summed E-state index contributed by atoms with van der Waals surface area (Å²) < 4.78 is 27.0. The fourth-order valence-electron chi connectivity index (χ4n) is 3.46. The normalized spacial score (nSPS) is 16.3. The van der Waals surface area contributed by atoms with E-state index < -0.39 is 10.0 Å². The zero-order valence-electron chi connectivity index (χ0n) is 16.1. The van der Waals surface area contributed by atoms with Gasteiger partial charge in [-0.25, -0.2) is 8.42 Å². The Morgan fingerprint density at radius 1 is 1.07 bits per heavy atom. The van der Waals surface area contributed by atoms with Crippen molar-refractivity contribution in [2.45, 2.75) is 37.5 Å². The minimum absolute atomic E-state index is 0.0448. The fourth-order valence-corrected chi connectivity index (χ4v) is 5.06. The van der Waals surface area contributed by atoms with E-state index in [-0.39, 0.29) is 16.7 Å². The summed E-state index contributed by atoms with van der Waals surface area (Å²) in [5.74, 6) is 0.0661. The van der Waals surface area contributed by atoms with E-state index in [1.807, 2.05) is 24.3 Å².